The lowest BCUT2D eigenvalue weighted by atomic mass is 9.94. The number of imidazole rings is 1. The summed E-state index contributed by atoms with van der Waals surface area (Å²) in [5, 5.41) is 12.1. The van der Waals surface area contributed by atoms with Crippen molar-refractivity contribution >= 4 is 35.5 Å². The Kier molecular flexibility index (Phi) is 16.8. The van der Waals surface area contributed by atoms with Crippen molar-refractivity contribution in [3.63, 3.8) is 0 Å². The van der Waals surface area contributed by atoms with Gasteiger partial charge in [-0.2, -0.15) is 8.78 Å². The number of alkyl carbamates (subject to hydrolysis) is 1. The molecule has 15 nitrogen and oxygen atoms in total. The van der Waals surface area contributed by atoms with Crippen LogP contribution in [0, 0.1) is 11.8 Å². The number of amides is 5. The maximum absolute atomic E-state index is 15.9. The van der Waals surface area contributed by atoms with Gasteiger partial charge in [-0.1, -0.05) is 70.5 Å². The van der Waals surface area contributed by atoms with Crippen molar-refractivity contribution in [3.05, 3.63) is 84.2 Å². The second kappa shape index (κ2) is 21.0. The van der Waals surface area contributed by atoms with E-state index in [4.69, 9.17) is 4.74 Å². The molecule has 0 saturated carbocycles. The number of ketones is 1. The Bertz CT molecular complexity index is 1790. The minimum Gasteiger partial charge on any atom is -0.444 e. The topological polar surface area (TPSA) is 213 Å². The molecular formula is C40H54F2N8O7. The number of Topliss-reactive ketones (excluding diaryl/α,β-unsaturated/α-hetero) is 1. The number of pyridine rings is 1. The predicted molar refractivity (Wildman–Crippen MR) is 206 cm³/mol. The van der Waals surface area contributed by atoms with Crippen LogP contribution in [0.2, 0.25) is 0 Å². The lowest BCUT2D eigenvalue weighted by molar-refractivity contribution is -0.162. The molecule has 310 valence electrons. The molecule has 3 rings (SSSR count). The van der Waals surface area contributed by atoms with Crippen LogP contribution in [-0.4, -0.2) is 86.1 Å². The van der Waals surface area contributed by atoms with Gasteiger partial charge in [-0.3, -0.25) is 29.0 Å². The van der Waals surface area contributed by atoms with Crippen LogP contribution in [0.4, 0.5) is 13.6 Å². The van der Waals surface area contributed by atoms with E-state index in [2.05, 4.69) is 41.5 Å². The number of alkyl halides is 2. The SMILES string of the molecule is CC[C@H](C)[C@H](NC(=O)C(F)(F)C(=O)C(CC(C)C)NC(=O)[C@H](Cc1cnc[nH]1)NC(=O)[C@H](Cc1ccccc1)NC(=O)OC(C)(C)C)C(=O)NCc1ccccn1. The van der Waals surface area contributed by atoms with Crippen LogP contribution in [0.25, 0.3) is 0 Å². The van der Waals surface area contributed by atoms with E-state index in [0.717, 1.165) is 0 Å². The van der Waals surface area contributed by atoms with Gasteiger partial charge in [0.25, 0.3) is 5.91 Å². The van der Waals surface area contributed by atoms with Gasteiger partial charge in [0.15, 0.2) is 0 Å². The fourth-order valence-electron chi connectivity index (χ4n) is 5.64. The van der Waals surface area contributed by atoms with Crippen molar-refractivity contribution in [2.24, 2.45) is 11.8 Å². The number of halogens is 2. The van der Waals surface area contributed by atoms with Gasteiger partial charge in [0.2, 0.25) is 23.5 Å². The predicted octanol–water partition coefficient (Wildman–Crippen LogP) is 3.55. The van der Waals surface area contributed by atoms with Crippen molar-refractivity contribution in [1.82, 2.24) is 41.5 Å². The van der Waals surface area contributed by atoms with Crippen LogP contribution < -0.4 is 26.6 Å². The van der Waals surface area contributed by atoms with Crippen LogP contribution in [0.5, 0.6) is 0 Å². The number of H-pyrrole nitrogens is 1. The van der Waals surface area contributed by atoms with Crippen molar-refractivity contribution in [2.45, 2.75) is 116 Å². The molecule has 17 heteroatoms. The normalized spacial score (nSPS) is 14.3. The van der Waals surface area contributed by atoms with Crippen LogP contribution >= 0.6 is 0 Å². The Hall–Kier alpha value is -5.74. The summed E-state index contributed by atoms with van der Waals surface area (Å²) in [7, 11) is 0. The number of benzene rings is 1. The molecule has 0 bridgehead atoms. The van der Waals surface area contributed by atoms with Crippen molar-refractivity contribution in [2.75, 3.05) is 0 Å². The summed E-state index contributed by atoms with van der Waals surface area (Å²) in [4.78, 5) is 91.3. The zero-order valence-electron chi connectivity index (χ0n) is 33.4. The molecule has 6 N–H and O–H groups in total. The Labute approximate surface area is 331 Å². The Morgan fingerprint density at radius 2 is 1.44 bits per heavy atom. The molecule has 1 unspecified atom stereocenters. The van der Waals surface area contributed by atoms with Gasteiger partial charge in [-0.25, -0.2) is 9.78 Å². The number of hydrogen-bond acceptors (Lipinski definition) is 9. The molecule has 1 aromatic carbocycles. The fourth-order valence-corrected chi connectivity index (χ4v) is 5.64. The standard InChI is InChI=1S/C40H54F2N8O7/c1-8-25(4)32(36(54)45-22-27-16-12-13-17-44-27)50-37(55)40(41,42)33(51)29(18-24(2)3)47-35(53)31(20-28-21-43-23-46-28)48-34(52)30(19-26-14-10-9-11-15-26)49-38(56)57-39(5,6)7/h9-17,21,23-25,29-32H,8,18-20,22H2,1-7H3,(H,43,46)(H,45,54)(H,47,53)(H,48,52)(H,49,56)(H,50,55)/t25-,29?,30-,31-,32-/m0/s1. The van der Waals surface area contributed by atoms with E-state index < -0.39 is 83.0 Å². The molecule has 0 aliphatic rings. The molecule has 5 amide bonds. The highest BCUT2D eigenvalue weighted by Gasteiger charge is 2.52. The Balaban J connectivity index is 1.85. The first-order valence-corrected chi connectivity index (χ1v) is 18.8. The van der Waals surface area contributed by atoms with Crippen LogP contribution in [0.15, 0.2) is 67.3 Å². The summed E-state index contributed by atoms with van der Waals surface area (Å²) in [6.07, 6.45) is 3.17. The third-order valence-corrected chi connectivity index (χ3v) is 8.79. The van der Waals surface area contributed by atoms with Gasteiger partial charge in [-0.05, 0) is 56.7 Å². The first kappa shape index (κ1) is 45.6. The maximum Gasteiger partial charge on any atom is 0.408 e. The second-order valence-electron chi connectivity index (χ2n) is 15.2. The van der Waals surface area contributed by atoms with Crippen LogP contribution in [0.1, 0.15) is 78.3 Å². The van der Waals surface area contributed by atoms with Gasteiger partial charge in [0.1, 0.15) is 23.7 Å². The lowest BCUT2D eigenvalue weighted by Crippen LogP contribution is -2.61. The largest absolute Gasteiger partial charge is 0.444 e. The molecule has 3 aromatic rings. The molecule has 57 heavy (non-hydrogen) atoms. The first-order chi connectivity index (χ1) is 26.8. The highest BCUT2D eigenvalue weighted by molar-refractivity contribution is 6.11. The maximum atomic E-state index is 15.9. The number of carbonyl (C=O) groups is 6. The lowest BCUT2D eigenvalue weighted by Gasteiger charge is -2.29. The number of nitrogens with one attached hydrogen (secondary N) is 6. The van der Waals surface area contributed by atoms with Gasteiger partial charge < -0.3 is 36.3 Å². The molecular weight excluding hydrogens is 742 g/mol. The van der Waals surface area contributed by atoms with Gasteiger partial charge in [-0.15, -0.1) is 0 Å². The molecule has 2 aromatic heterocycles. The molecule has 0 aliphatic carbocycles. The van der Waals surface area contributed by atoms with E-state index in [9.17, 15) is 28.8 Å². The summed E-state index contributed by atoms with van der Waals surface area (Å²) in [5.74, 6) is -12.2. The van der Waals surface area contributed by atoms with Crippen molar-refractivity contribution < 1.29 is 42.3 Å². The third kappa shape index (κ3) is 14.7. The summed E-state index contributed by atoms with van der Waals surface area (Å²) in [6, 6.07) is 7.77. The Morgan fingerprint density at radius 3 is 2.00 bits per heavy atom. The second-order valence-corrected chi connectivity index (χ2v) is 15.2. The highest BCUT2D eigenvalue weighted by atomic mass is 19.3. The number of carbonyl (C=O) groups excluding carboxylic acids is 6. The molecule has 0 radical (unpaired) electrons. The quantitative estimate of drug-likeness (QED) is 0.0922. The minimum atomic E-state index is -4.68. The minimum absolute atomic E-state index is 0.00107. The fraction of sp³-hybridized carbons (Fsp3) is 0.500. The molecule has 0 fully saturated rings. The smallest absolute Gasteiger partial charge is 0.408 e. The average molecular weight is 797 g/mol. The average Bonchev–Trinajstić information content (AvgIpc) is 3.67. The number of ether oxygens (including phenoxy) is 1. The van der Waals surface area contributed by atoms with Crippen LogP contribution in [-0.2, 0) is 48.1 Å². The van der Waals surface area contributed by atoms with Gasteiger partial charge in [0.05, 0.1) is 24.6 Å². The van der Waals surface area contributed by atoms with Crippen LogP contribution in [0.3, 0.4) is 0 Å². The molecule has 0 aliphatic heterocycles. The molecule has 0 spiro atoms. The molecule has 2 heterocycles. The molecule has 5 atom stereocenters. The Morgan fingerprint density at radius 1 is 0.807 bits per heavy atom. The first-order valence-electron chi connectivity index (χ1n) is 18.8. The highest BCUT2D eigenvalue weighted by Crippen LogP contribution is 2.22. The number of rotatable bonds is 20. The number of aromatic amines is 1. The summed E-state index contributed by atoms with van der Waals surface area (Å²) < 4.78 is 37.1. The van der Waals surface area contributed by atoms with E-state index >= 15 is 8.78 Å². The van der Waals surface area contributed by atoms with Gasteiger partial charge >= 0.3 is 12.0 Å². The molecule has 0 saturated heterocycles. The van der Waals surface area contributed by atoms with Gasteiger partial charge in [0, 0.05) is 30.9 Å². The van der Waals surface area contributed by atoms with Crippen molar-refractivity contribution in [1.29, 1.82) is 0 Å². The third-order valence-electron chi connectivity index (χ3n) is 8.79. The number of nitrogens with zero attached hydrogens (tertiary/aromatic N) is 2. The monoisotopic (exact) mass is 796 g/mol. The summed E-state index contributed by atoms with van der Waals surface area (Å²) >= 11 is 0. The van der Waals surface area contributed by atoms with E-state index in [0.29, 0.717) is 23.4 Å². The van der Waals surface area contributed by atoms with Crippen molar-refractivity contribution in [3.8, 4) is 0 Å². The van der Waals surface area contributed by atoms with E-state index in [-0.39, 0.29) is 25.8 Å². The number of hydrogen-bond donors (Lipinski definition) is 6. The number of aromatic nitrogens is 3. The van der Waals surface area contributed by atoms with E-state index in [1.807, 2.05) is 0 Å². The zero-order valence-corrected chi connectivity index (χ0v) is 33.4. The zero-order chi connectivity index (χ0) is 42.3. The van der Waals surface area contributed by atoms with E-state index in [1.54, 1.807) is 97.0 Å². The van der Waals surface area contributed by atoms with E-state index in [1.165, 1.54) is 18.7 Å². The summed E-state index contributed by atoms with van der Waals surface area (Å²) in [5.41, 5.74) is 0.664. The summed E-state index contributed by atoms with van der Waals surface area (Å²) in [6.45, 7) is 11.5.